The van der Waals surface area contributed by atoms with E-state index in [-0.39, 0.29) is 17.8 Å². The minimum Gasteiger partial charge on any atom is -0.483 e. The van der Waals surface area contributed by atoms with Gasteiger partial charge in [0.2, 0.25) is 11.0 Å². The molecule has 29 heavy (non-hydrogen) atoms. The van der Waals surface area contributed by atoms with E-state index in [1.165, 1.54) is 35.9 Å². The standard InChI is InChI=1S/C19H22N6O2S2/c1-3-25-16(12(2)27-14-7-5-4-6-8-14)21-24-19(25)28-11-15(26)20-18-23-22-17(29-18)13-9-10-13/h4-8,12-13H,3,9-11H2,1-2H3,(H,20,23,26). The first-order chi connectivity index (χ1) is 14.1. The van der Waals surface area contributed by atoms with Crippen LogP contribution in [0, 0.1) is 0 Å². The van der Waals surface area contributed by atoms with Crippen LogP contribution in [-0.4, -0.2) is 36.6 Å². The van der Waals surface area contributed by atoms with E-state index in [4.69, 9.17) is 4.74 Å². The number of carbonyl (C=O) groups is 1. The van der Waals surface area contributed by atoms with E-state index in [0.717, 1.165) is 16.6 Å². The highest BCUT2D eigenvalue weighted by Crippen LogP contribution is 2.42. The fraction of sp³-hybridized carbons (Fsp3) is 0.421. The molecule has 0 saturated heterocycles. The molecule has 3 aromatic rings. The normalized spacial score (nSPS) is 14.6. The lowest BCUT2D eigenvalue weighted by Gasteiger charge is -2.15. The Bertz CT molecular complexity index is 970. The van der Waals surface area contributed by atoms with Gasteiger partial charge in [0.15, 0.2) is 17.1 Å². The zero-order chi connectivity index (χ0) is 20.2. The molecular weight excluding hydrogens is 408 g/mol. The van der Waals surface area contributed by atoms with E-state index >= 15 is 0 Å². The number of para-hydroxylation sites is 1. The number of rotatable bonds is 9. The van der Waals surface area contributed by atoms with Crippen molar-refractivity contribution >= 4 is 34.1 Å². The van der Waals surface area contributed by atoms with Crippen molar-refractivity contribution < 1.29 is 9.53 Å². The van der Waals surface area contributed by atoms with Crippen molar-refractivity contribution in [3.63, 3.8) is 0 Å². The molecule has 0 spiro atoms. The predicted octanol–water partition coefficient (Wildman–Crippen LogP) is 3.90. The largest absolute Gasteiger partial charge is 0.483 e. The lowest BCUT2D eigenvalue weighted by atomic mass is 10.3. The van der Waals surface area contributed by atoms with Gasteiger partial charge in [-0.1, -0.05) is 41.3 Å². The van der Waals surface area contributed by atoms with Crippen LogP contribution in [0.4, 0.5) is 5.13 Å². The maximum Gasteiger partial charge on any atom is 0.236 e. The summed E-state index contributed by atoms with van der Waals surface area (Å²) in [6.07, 6.45) is 2.08. The molecule has 1 fully saturated rings. The molecule has 8 nitrogen and oxygen atoms in total. The second kappa shape index (κ2) is 8.91. The summed E-state index contributed by atoms with van der Waals surface area (Å²) in [5, 5.41) is 21.8. The third-order valence-electron chi connectivity index (χ3n) is 4.43. The molecule has 1 N–H and O–H groups in total. The molecule has 1 atom stereocenters. The molecule has 10 heteroatoms. The monoisotopic (exact) mass is 430 g/mol. The minimum atomic E-state index is -0.254. The summed E-state index contributed by atoms with van der Waals surface area (Å²) in [6.45, 7) is 4.65. The summed E-state index contributed by atoms with van der Waals surface area (Å²) in [5.74, 6) is 2.15. The third kappa shape index (κ3) is 4.94. The number of nitrogens with one attached hydrogen (secondary N) is 1. The smallest absolute Gasteiger partial charge is 0.236 e. The molecule has 1 aliphatic rings. The zero-order valence-corrected chi connectivity index (χ0v) is 17.9. The number of nitrogens with zero attached hydrogens (tertiary/aromatic N) is 5. The molecule has 0 bridgehead atoms. The Labute approximate surface area is 177 Å². The summed E-state index contributed by atoms with van der Waals surface area (Å²) in [7, 11) is 0. The van der Waals surface area contributed by atoms with Crippen LogP contribution >= 0.6 is 23.1 Å². The number of ether oxygens (including phenoxy) is 1. The molecule has 1 amide bonds. The molecule has 1 saturated carbocycles. The summed E-state index contributed by atoms with van der Waals surface area (Å²) in [5.41, 5.74) is 0. The van der Waals surface area contributed by atoms with Crippen LogP contribution in [0.5, 0.6) is 5.75 Å². The van der Waals surface area contributed by atoms with Gasteiger partial charge in [-0.05, 0) is 38.8 Å². The maximum absolute atomic E-state index is 12.3. The van der Waals surface area contributed by atoms with E-state index in [0.29, 0.717) is 22.8 Å². The maximum atomic E-state index is 12.3. The van der Waals surface area contributed by atoms with Crippen LogP contribution in [-0.2, 0) is 11.3 Å². The van der Waals surface area contributed by atoms with Crippen molar-refractivity contribution in [2.45, 2.75) is 50.4 Å². The number of carbonyl (C=O) groups excluding carboxylic acids is 1. The molecular formula is C19H22N6O2S2. The van der Waals surface area contributed by atoms with Gasteiger partial charge in [0.1, 0.15) is 10.8 Å². The fourth-order valence-electron chi connectivity index (χ4n) is 2.83. The molecule has 0 aliphatic heterocycles. The molecule has 0 radical (unpaired) electrons. The van der Waals surface area contributed by atoms with Crippen molar-refractivity contribution in [1.29, 1.82) is 0 Å². The lowest BCUT2D eigenvalue weighted by Crippen LogP contribution is -2.15. The van der Waals surface area contributed by atoms with Gasteiger partial charge in [0, 0.05) is 12.5 Å². The number of thioether (sulfide) groups is 1. The number of hydrogen-bond donors (Lipinski definition) is 1. The molecule has 2 aromatic heterocycles. The van der Waals surface area contributed by atoms with Gasteiger partial charge in [-0.25, -0.2) is 0 Å². The highest BCUT2D eigenvalue weighted by Gasteiger charge is 2.27. The highest BCUT2D eigenvalue weighted by atomic mass is 32.2. The van der Waals surface area contributed by atoms with E-state index in [1.807, 2.05) is 48.7 Å². The highest BCUT2D eigenvalue weighted by molar-refractivity contribution is 7.99. The van der Waals surface area contributed by atoms with E-state index in [2.05, 4.69) is 25.7 Å². The van der Waals surface area contributed by atoms with Crippen LogP contribution < -0.4 is 10.1 Å². The molecule has 2 heterocycles. The Kier molecular flexibility index (Phi) is 6.10. The summed E-state index contributed by atoms with van der Waals surface area (Å²) in [4.78, 5) is 12.3. The number of aromatic nitrogens is 5. The quantitative estimate of drug-likeness (QED) is 0.515. The predicted molar refractivity (Wildman–Crippen MR) is 112 cm³/mol. The fourth-order valence-corrected chi connectivity index (χ4v) is 4.56. The van der Waals surface area contributed by atoms with Crippen LogP contribution in [0.3, 0.4) is 0 Å². The second-order valence-electron chi connectivity index (χ2n) is 6.71. The molecule has 1 aliphatic carbocycles. The average molecular weight is 431 g/mol. The summed E-state index contributed by atoms with van der Waals surface area (Å²) >= 11 is 2.80. The molecule has 1 unspecified atom stereocenters. The van der Waals surface area contributed by atoms with Crippen LogP contribution in [0.2, 0.25) is 0 Å². The van der Waals surface area contributed by atoms with Crippen LogP contribution in [0.25, 0.3) is 0 Å². The van der Waals surface area contributed by atoms with Gasteiger partial charge in [-0.2, -0.15) is 0 Å². The zero-order valence-electron chi connectivity index (χ0n) is 16.2. The number of anilines is 1. The third-order valence-corrected chi connectivity index (χ3v) is 6.40. The van der Waals surface area contributed by atoms with Gasteiger partial charge < -0.3 is 9.30 Å². The van der Waals surface area contributed by atoms with E-state index in [1.54, 1.807) is 0 Å². The van der Waals surface area contributed by atoms with Crippen molar-refractivity contribution in [2.75, 3.05) is 11.1 Å². The molecule has 152 valence electrons. The topological polar surface area (TPSA) is 94.8 Å². The number of amides is 1. The van der Waals surface area contributed by atoms with Crippen molar-refractivity contribution in [3.05, 3.63) is 41.2 Å². The first-order valence-electron chi connectivity index (χ1n) is 9.55. The Morgan fingerprint density at radius 2 is 2.07 bits per heavy atom. The minimum absolute atomic E-state index is 0.130. The Morgan fingerprint density at radius 1 is 1.28 bits per heavy atom. The second-order valence-corrected chi connectivity index (χ2v) is 8.67. The number of hydrogen-bond acceptors (Lipinski definition) is 8. The van der Waals surface area contributed by atoms with Gasteiger partial charge in [-0.15, -0.1) is 20.4 Å². The first kappa shape index (κ1) is 19.8. The molecule has 1 aromatic carbocycles. The summed E-state index contributed by atoms with van der Waals surface area (Å²) < 4.78 is 7.94. The van der Waals surface area contributed by atoms with Crippen molar-refractivity contribution in [3.8, 4) is 5.75 Å². The van der Waals surface area contributed by atoms with E-state index in [9.17, 15) is 4.79 Å². The van der Waals surface area contributed by atoms with Crippen molar-refractivity contribution in [2.24, 2.45) is 0 Å². The van der Waals surface area contributed by atoms with Gasteiger partial charge in [0.05, 0.1) is 5.75 Å². The number of benzene rings is 1. The van der Waals surface area contributed by atoms with Gasteiger partial charge in [0.25, 0.3) is 0 Å². The first-order valence-corrected chi connectivity index (χ1v) is 11.3. The summed E-state index contributed by atoms with van der Waals surface area (Å²) in [6, 6.07) is 9.62. The Hall–Kier alpha value is -2.46. The van der Waals surface area contributed by atoms with Crippen LogP contribution in [0.15, 0.2) is 35.5 Å². The lowest BCUT2D eigenvalue weighted by molar-refractivity contribution is -0.113. The van der Waals surface area contributed by atoms with Gasteiger partial charge >= 0.3 is 0 Å². The molecule has 4 rings (SSSR count). The van der Waals surface area contributed by atoms with E-state index < -0.39 is 0 Å². The SMILES string of the molecule is CCn1c(SCC(=O)Nc2nnc(C3CC3)s2)nnc1C(C)Oc1ccccc1. The van der Waals surface area contributed by atoms with Gasteiger partial charge in [-0.3, -0.25) is 10.1 Å². The van der Waals surface area contributed by atoms with Crippen LogP contribution in [0.1, 0.15) is 49.5 Å². The Morgan fingerprint density at radius 3 is 2.79 bits per heavy atom. The Balaban J connectivity index is 1.35. The average Bonchev–Trinajstić information content (AvgIpc) is 3.33. The van der Waals surface area contributed by atoms with Crippen molar-refractivity contribution in [1.82, 2.24) is 25.0 Å².